The van der Waals surface area contributed by atoms with Gasteiger partial charge in [-0.1, -0.05) is 12.1 Å². The zero-order chi connectivity index (χ0) is 17.1. The van der Waals surface area contributed by atoms with Crippen molar-refractivity contribution in [3.63, 3.8) is 0 Å². The van der Waals surface area contributed by atoms with Crippen LogP contribution >= 0.6 is 0 Å². The number of rotatable bonds is 4. The van der Waals surface area contributed by atoms with Crippen LogP contribution in [0.1, 0.15) is 40.5 Å². The molecule has 1 aliphatic heterocycles. The first kappa shape index (κ1) is 15.4. The van der Waals surface area contributed by atoms with E-state index in [9.17, 15) is 4.79 Å². The third-order valence-electron chi connectivity index (χ3n) is 4.47. The summed E-state index contributed by atoms with van der Waals surface area (Å²) >= 11 is 0. The second kappa shape index (κ2) is 6.80. The Hall–Kier alpha value is -3.10. The molecule has 4 rings (SSSR count). The van der Waals surface area contributed by atoms with Gasteiger partial charge in [0.2, 0.25) is 0 Å². The maximum Gasteiger partial charge on any atom is 0.253 e. The lowest BCUT2D eigenvalue weighted by Gasteiger charge is -2.31. The van der Waals surface area contributed by atoms with E-state index in [0.29, 0.717) is 18.7 Å². The van der Waals surface area contributed by atoms with Gasteiger partial charge < -0.3 is 4.90 Å². The molecule has 1 atom stereocenters. The number of hydrogen-bond donors (Lipinski definition) is 1. The topological polar surface area (TPSA) is 105 Å². The van der Waals surface area contributed by atoms with Gasteiger partial charge in [0.25, 0.3) is 5.91 Å². The monoisotopic (exact) mass is 338 g/mol. The zero-order valence-corrected chi connectivity index (χ0v) is 13.6. The van der Waals surface area contributed by atoms with E-state index < -0.39 is 0 Å². The van der Waals surface area contributed by atoms with E-state index in [4.69, 9.17) is 0 Å². The van der Waals surface area contributed by atoms with Crippen LogP contribution in [0.25, 0.3) is 0 Å². The SMILES string of the molecule is O=C(c1ccc(Cn2cnnn2)cc1)N1CCC[C@H](c2ncn[nH]2)C1. The molecule has 25 heavy (non-hydrogen) atoms. The van der Waals surface area contributed by atoms with Crippen LogP contribution in [-0.4, -0.2) is 59.3 Å². The van der Waals surface area contributed by atoms with Crippen molar-refractivity contribution in [1.29, 1.82) is 0 Å². The van der Waals surface area contributed by atoms with Gasteiger partial charge in [0.05, 0.1) is 6.54 Å². The highest BCUT2D eigenvalue weighted by molar-refractivity contribution is 5.94. The van der Waals surface area contributed by atoms with Crippen molar-refractivity contribution in [2.75, 3.05) is 13.1 Å². The number of aromatic amines is 1. The van der Waals surface area contributed by atoms with Crippen molar-refractivity contribution in [3.8, 4) is 0 Å². The molecule has 0 saturated carbocycles. The molecule has 1 fully saturated rings. The summed E-state index contributed by atoms with van der Waals surface area (Å²) in [6.07, 6.45) is 5.06. The normalized spacial score (nSPS) is 17.6. The van der Waals surface area contributed by atoms with E-state index in [0.717, 1.165) is 30.8 Å². The Morgan fingerprint density at radius 3 is 2.88 bits per heavy atom. The fourth-order valence-electron chi connectivity index (χ4n) is 3.17. The standard InChI is InChI=1S/C16H18N8O/c25-16(23-7-1-2-14(9-23)15-17-10-18-20-15)13-5-3-12(4-6-13)8-24-11-19-21-22-24/h3-6,10-11,14H,1-2,7-9H2,(H,17,18,20)/t14-/m0/s1. The molecule has 0 aliphatic carbocycles. The summed E-state index contributed by atoms with van der Waals surface area (Å²) in [5, 5.41) is 17.9. The highest BCUT2D eigenvalue weighted by Gasteiger charge is 2.27. The van der Waals surface area contributed by atoms with Crippen LogP contribution in [-0.2, 0) is 6.54 Å². The van der Waals surface area contributed by atoms with Crippen LogP contribution < -0.4 is 0 Å². The van der Waals surface area contributed by atoms with Gasteiger partial charge in [-0.25, -0.2) is 9.67 Å². The second-order valence-electron chi connectivity index (χ2n) is 6.17. The summed E-state index contributed by atoms with van der Waals surface area (Å²) in [6.45, 7) is 2.02. The third kappa shape index (κ3) is 3.39. The number of carbonyl (C=O) groups excluding carboxylic acids is 1. The zero-order valence-electron chi connectivity index (χ0n) is 13.6. The number of nitrogens with zero attached hydrogens (tertiary/aromatic N) is 7. The van der Waals surface area contributed by atoms with Gasteiger partial charge in [0.1, 0.15) is 18.5 Å². The molecule has 9 heteroatoms. The summed E-state index contributed by atoms with van der Waals surface area (Å²) < 4.78 is 1.64. The molecule has 9 nitrogen and oxygen atoms in total. The van der Waals surface area contributed by atoms with E-state index in [1.54, 1.807) is 11.0 Å². The van der Waals surface area contributed by atoms with Crippen LogP contribution in [0.15, 0.2) is 36.9 Å². The quantitative estimate of drug-likeness (QED) is 0.756. The Morgan fingerprint density at radius 2 is 2.16 bits per heavy atom. The third-order valence-corrected chi connectivity index (χ3v) is 4.47. The minimum absolute atomic E-state index is 0.0539. The van der Waals surface area contributed by atoms with Gasteiger partial charge in [-0.05, 0) is 41.0 Å². The van der Waals surface area contributed by atoms with Crippen LogP contribution in [0.4, 0.5) is 0 Å². The fraction of sp³-hybridized carbons (Fsp3) is 0.375. The number of nitrogens with one attached hydrogen (secondary N) is 1. The lowest BCUT2D eigenvalue weighted by atomic mass is 9.96. The van der Waals surface area contributed by atoms with E-state index >= 15 is 0 Å². The van der Waals surface area contributed by atoms with Crippen molar-refractivity contribution >= 4 is 5.91 Å². The van der Waals surface area contributed by atoms with Gasteiger partial charge in [-0.3, -0.25) is 9.89 Å². The number of benzene rings is 1. The molecular formula is C16H18N8O. The Bertz CT molecular complexity index is 812. The lowest BCUT2D eigenvalue weighted by molar-refractivity contribution is 0.0704. The van der Waals surface area contributed by atoms with Gasteiger partial charge in [-0.15, -0.1) is 5.10 Å². The number of hydrogen-bond acceptors (Lipinski definition) is 6. The number of tetrazole rings is 1. The first-order chi connectivity index (χ1) is 12.3. The molecular weight excluding hydrogens is 320 g/mol. The second-order valence-corrected chi connectivity index (χ2v) is 6.17. The molecule has 0 unspecified atom stereocenters. The summed E-state index contributed by atoms with van der Waals surface area (Å²) in [5.74, 6) is 1.13. The predicted molar refractivity (Wildman–Crippen MR) is 87.6 cm³/mol. The van der Waals surface area contributed by atoms with Gasteiger partial charge in [-0.2, -0.15) is 5.10 Å². The van der Waals surface area contributed by atoms with Crippen molar-refractivity contribution in [3.05, 3.63) is 53.9 Å². The Labute approximate surface area is 144 Å². The molecule has 1 saturated heterocycles. The largest absolute Gasteiger partial charge is 0.338 e. The fourth-order valence-corrected chi connectivity index (χ4v) is 3.17. The molecule has 0 spiro atoms. The highest BCUT2D eigenvalue weighted by atomic mass is 16.2. The van der Waals surface area contributed by atoms with Crippen LogP contribution in [0.3, 0.4) is 0 Å². The van der Waals surface area contributed by atoms with E-state index in [-0.39, 0.29) is 11.8 Å². The average Bonchev–Trinajstić information content (AvgIpc) is 3.36. The number of amides is 1. The van der Waals surface area contributed by atoms with Crippen molar-refractivity contribution in [1.82, 2.24) is 40.3 Å². The molecule has 3 aromatic rings. The summed E-state index contributed by atoms with van der Waals surface area (Å²) in [4.78, 5) is 18.9. The maximum absolute atomic E-state index is 12.8. The van der Waals surface area contributed by atoms with Crippen molar-refractivity contribution in [2.45, 2.75) is 25.3 Å². The minimum Gasteiger partial charge on any atom is -0.338 e. The number of piperidine rings is 1. The molecule has 2 aromatic heterocycles. The minimum atomic E-state index is 0.0539. The van der Waals surface area contributed by atoms with Crippen LogP contribution in [0, 0.1) is 0 Å². The van der Waals surface area contributed by atoms with Gasteiger partial charge >= 0.3 is 0 Å². The first-order valence-electron chi connectivity index (χ1n) is 8.24. The van der Waals surface area contributed by atoms with Gasteiger partial charge in [0, 0.05) is 24.6 Å². The maximum atomic E-state index is 12.8. The summed E-state index contributed by atoms with van der Waals surface area (Å²) in [6, 6.07) is 7.60. The van der Waals surface area contributed by atoms with Gasteiger partial charge in [0.15, 0.2) is 0 Å². The number of H-pyrrole nitrogens is 1. The van der Waals surface area contributed by atoms with Crippen molar-refractivity contribution < 1.29 is 4.79 Å². The molecule has 1 N–H and O–H groups in total. The van der Waals surface area contributed by atoms with E-state index in [1.807, 2.05) is 29.2 Å². The molecule has 0 radical (unpaired) electrons. The average molecular weight is 338 g/mol. The molecule has 1 amide bonds. The first-order valence-corrected chi connectivity index (χ1v) is 8.24. The number of carbonyl (C=O) groups is 1. The predicted octanol–water partition coefficient (Wildman–Crippen LogP) is 0.859. The summed E-state index contributed by atoms with van der Waals surface area (Å²) in [5.41, 5.74) is 1.74. The Morgan fingerprint density at radius 1 is 1.28 bits per heavy atom. The Balaban J connectivity index is 1.43. The Kier molecular flexibility index (Phi) is 4.19. The molecule has 1 aliphatic rings. The van der Waals surface area contributed by atoms with Crippen LogP contribution in [0.2, 0.25) is 0 Å². The molecule has 1 aromatic carbocycles. The highest BCUT2D eigenvalue weighted by Crippen LogP contribution is 2.25. The molecule has 3 heterocycles. The summed E-state index contributed by atoms with van der Waals surface area (Å²) in [7, 11) is 0. The van der Waals surface area contributed by atoms with E-state index in [2.05, 4.69) is 30.7 Å². The molecule has 0 bridgehead atoms. The van der Waals surface area contributed by atoms with Crippen LogP contribution in [0.5, 0.6) is 0 Å². The van der Waals surface area contributed by atoms with Crippen molar-refractivity contribution in [2.24, 2.45) is 0 Å². The smallest absolute Gasteiger partial charge is 0.253 e. The number of aromatic nitrogens is 7. The number of likely N-dealkylation sites (tertiary alicyclic amines) is 1. The molecule has 128 valence electrons. The van der Waals surface area contributed by atoms with E-state index in [1.165, 1.54) is 6.33 Å². The lowest BCUT2D eigenvalue weighted by Crippen LogP contribution is -2.39.